The van der Waals surface area contributed by atoms with Crippen LogP contribution in [-0.4, -0.2) is 29.6 Å². The maximum absolute atomic E-state index is 5.70. The highest BCUT2D eigenvalue weighted by molar-refractivity contribution is 5.80. The van der Waals surface area contributed by atoms with Crippen LogP contribution >= 0.6 is 0 Å². The third-order valence-electron chi connectivity index (χ3n) is 2.81. The van der Waals surface area contributed by atoms with E-state index in [-0.39, 0.29) is 5.60 Å². The average molecular weight is 276 g/mol. The van der Waals surface area contributed by atoms with Crippen molar-refractivity contribution in [1.82, 2.24) is 15.6 Å². The largest absolute Gasteiger partial charge is 0.472 e. The molecule has 0 aliphatic heterocycles. The van der Waals surface area contributed by atoms with E-state index in [2.05, 4.69) is 20.6 Å². The van der Waals surface area contributed by atoms with Gasteiger partial charge in [0.2, 0.25) is 5.88 Å². The average Bonchev–Trinajstić information content (AvgIpc) is 3.18. The van der Waals surface area contributed by atoms with Crippen molar-refractivity contribution in [3.63, 3.8) is 0 Å². The van der Waals surface area contributed by atoms with E-state index >= 15 is 0 Å². The van der Waals surface area contributed by atoms with Gasteiger partial charge >= 0.3 is 0 Å². The van der Waals surface area contributed by atoms with Gasteiger partial charge in [-0.1, -0.05) is 6.07 Å². The molecule has 5 heteroatoms. The molecule has 0 saturated heterocycles. The van der Waals surface area contributed by atoms with E-state index in [9.17, 15) is 0 Å². The van der Waals surface area contributed by atoms with Gasteiger partial charge in [-0.05, 0) is 39.2 Å². The van der Waals surface area contributed by atoms with Crippen LogP contribution in [0, 0.1) is 0 Å². The Hall–Kier alpha value is -1.78. The Bertz CT molecular complexity index is 458. The van der Waals surface area contributed by atoms with Crippen molar-refractivity contribution in [3.8, 4) is 5.88 Å². The van der Waals surface area contributed by atoms with Gasteiger partial charge in [-0.25, -0.2) is 4.98 Å². The van der Waals surface area contributed by atoms with Gasteiger partial charge in [0.1, 0.15) is 5.60 Å². The summed E-state index contributed by atoms with van der Waals surface area (Å²) in [5.74, 6) is 1.50. The molecular weight excluding hydrogens is 252 g/mol. The highest BCUT2D eigenvalue weighted by Gasteiger charge is 2.22. The second-order valence-corrected chi connectivity index (χ2v) is 6.06. The summed E-state index contributed by atoms with van der Waals surface area (Å²) in [6.07, 6.45) is 4.31. The lowest BCUT2D eigenvalue weighted by Crippen LogP contribution is -2.38. The Morgan fingerprint density at radius 1 is 1.40 bits per heavy atom. The van der Waals surface area contributed by atoms with Gasteiger partial charge in [0.15, 0.2) is 5.96 Å². The highest BCUT2D eigenvalue weighted by Crippen LogP contribution is 2.18. The summed E-state index contributed by atoms with van der Waals surface area (Å²) in [4.78, 5) is 8.52. The van der Waals surface area contributed by atoms with Crippen LogP contribution in [0.15, 0.2) is 23.3 Å². The number of rotatable bonds is 4. The molecule has 0 atom stereocenters. The molecule has 1 aromatic rings. The zero-order valence-electron chi connectivity index (χ0n) is 12.7. The van der Waals surface area contributed by atoms with Gasteiger partial charge in [0.05, 0.1) is 0 Å². The van der Waals surface area contributed by atoms with Crippen molar-refractivity contribution < 1.29 is 4.74 Å². The number of hydrogen-bond donors (Lipinski definition) is 2. The molecule has 110 valence electrons. The Morgan fingerprint density at radius 2 is 2.15 bits per heavy atom. The first-order valence-electron chi connectivity index (χ1n) is 7.07. The van der Waals surface area contributed by atoms with Crippen LogP contribution < -0.4 is 15.4 Å². The van der Waals surface area contributed by atoms with E-state index in [0.717, 1.165) is 11.5 Å². The molecular formula is C15H24N4O. The number of ether oxygens (including phenoxy) is 1. The Labute approximate surface area is 120 Å². The summed E-state index contributed by atoms with van der Waals surface area (Å²) < 4.78 is 5.70. The summed E-state index contributed by atoms with van der Waals surface area (Å²) in [6.45, 7) is 6.74. The quantitative estimate of drug-likeness (QED) is 0.653. The lowest BCUT2D eigenvalue weighted by Gasteiger charge is -2.20. The molecule has 1 fully saturated rings. The fraction of sp³-hybridized carbons (Fsp3) is 0.600. The van der Waals surface area contributed by atoms with Crippen LogP contribution in [0.3, 0.4) is 0 Å². The smallest absolute Gasteiger partial charge is 0.213 e. The van der Waals surface area contributed by atoms with Crippen molar-refractivity contribution in [2.24, 2.45) is 4.99 Å². The van der Waals surface area contributed by atoms with Gasteiger partial charge in [-0.15, -0.1) is 0 Å². The van der Waals surface area contributed by atoms with Crippen molar-refractivity contribution in [1.29, 1.82) is 0 Å². The van der Waals surface area contributed by atoms with Crippen LogP contribution in [0.25, 0.3) is 0 Å². The molecule has 0 bridgehead atoms. The molecule has 1 saturated carbocycles. The number of nitrogens with zero attached hydrogens (tertiary/aromatic N) is 2. The topological polar surface area (TPSA) is 58.5 Å². The molecule has 0 aromatic carbocycles. The van der Waals surface area contributed by atoms with E-state index in [4.69, 9.17) is 4.74 Å². The number of guanidine groups is 1. The van der Waals surface area contributed by atoms with E-state index in [1.165, 1.54) is 12.8 Å². The van der Waals surface area contributed by atoms with Crippen molar-refractivity contribution in [2.45, 2.75) is 51.8 Å². The standard InChI is InChI=1S/C15H24N4O/c1-15(2,3)20-13-8-5-11(9-17-13)10-18-14(16-4)19-12-6-7-12/h5,8-9,12H,6-7,10H2,1-4H3,(H2,16,18,19). The van der Waals surface area contributed by atoms with Crippen LogP contribution in [0.1, 0.15) is 39.2 Å². The Balaban J connectivity index is 1.83. The number of aromatic nitrogens is 1. The lowest BCUT2D eigenvalue weighted by atomic mass is 10.2. The minimum absolute atomic E-state index is 0.219. The summed E-state index contributed by atoms with van der Waals surface area (Å²) >= 11 is 0. The van der Waals surface area contributed by atoms with E-state index in [0.29, 0.717) is 18.5 Å². The maximum Gasteiger partial charge on any atom is 0.213 e. The number of aliphatic imine (C=N–C) groups is 1. The molecule has 20 heavy (non-hydrogen) atoms. The molecule has 0 spiro atoms. The fourth-order valence-corrected chi connectivity index (χ4v) is 1.69. The van der Waals surface area contributed by atoms with Gasteiger partial charge in [0, 0.05) is 31.9 Å². The predicted octanol–water partition coefficient (Wildman–Crippen LogP) is 2.09. The zero-order valence-corrected chi connectivity index (χ0v) is 12.7. The normalized spacial score (nSPS) is 15.9. The minimum atomic E-state index is -0.219. The van der Waals surface area contributed by atoms with E-state index < -0.39 is 0 Å². The van der Waals surface area contributed by atoms with Gasteiger partial charge in [-0.2, -0.15) is 0 Å². The molecule has 5 nitrogen and oxygen atoms in total. The predicted molar refractivity (Wildman–Crippen MR) is 81.0 cm³/mol. The first-order chi connectivity index (χ1) is 9.46. The second-order valence-electron chi connectivity index (χ2n) is 6.06. The molecule has 1 heterocycles. The van der Waals surface area contributed by atoms with Crippen LogP contribution in [0.5, 0.6) is 5.88 Å². The summed E-state index contributed by atoms with van der Waals surface area (Å²) in [5, 5.41) is 6.63. The molecule has 2 rings (SSSR count). The summed E-state index contributed by atoms with van der Waals surface area (Å²) in [5.41, 5.74) is 0.883. The van der Waals surface area contributed by atoms with Gasteiger partial charge in [-0.3, -0.25) is 4.99 Å². The van der Waals surface area contributed by atoms with Crippen molar-refractivity contribution >= 4 is 5.96 Å². The molecule has 1 aromatic heterocycles. The molecule has 2 N–H and O–H groups in total. The molecule has 0 radical (unpaired) electrons. The molecule has 0 amide bonds. The minimum Gasteiger partial charge on any atom is -0.472 e. The Morgan fingerprint density at radius 3 is 2.65 bits per heavy atom. The first kappa shape index (κ1) is 14.6. The zero-order chi connectivity index (χ0) is 14.6. The van der Waals surface area contributed by atoms with E-state index in [1.807, 2.05) is 39.1 Å². The number of nitrogens with one attached hydrogen (secondary N) is 2. The maximum atomic E-state index is 5.70. The Kier molecular flexibility index (Phi) is 4.47. The van der Waals surface area contributed by atoms with Gasteiger partial charge < -0.3 is 15.4 Å². The summed E-state index contributed by atoms with van der Waals surface area (Å²) in [6, 6.07) is 4.52. The summed E-state index contributed by atoms with van der Waals surface area (Å²) in [7, 11) is 1.79. The highest BCUT2D eigenvalue weighted by atomic mass is 16.5. The molecule has 1 aliphatic carbocycles. The van der Waals surface area contributed by atoms with Crippen LogP contribution in [-0.2, 0) is 6.54 Å². The molecule has 0 unspecified atom stereocenters. The monoisotopic (exact) mass is 276 g/mol. The first-order valence-corrected chi connectivity index (χ1v) is 7.07. The third-order valence-corrected chi connectivity index (χ3v) is 2.81. The number of hydrogen-bond acceptors (Lipinski definition) is 3. The van der Waals surface area contributed by atoms with Crippen molar-refractivity contribution in [3.05, 3.63) is 23.9 Å². The SMILES string of the molecule is CN=C(NCc1ccc(OC(C)(C)C)nc1)NC1CC1. The lowest BCUT2D eigenvalue weighted by molar-refractivity contribution is 0.124. The van der Waals surface area contributed by atoms with Gasteiger partial charge in [0.25, 0.3) is 0 Å². The third kappa shape index (κ3) is 5.07. The second kappa shape index (κ2) is 6.11. The molecule has 1 aliphatic rings. The number of pyridine rings is 1. The van der Waals surface area contributed by atoms with Crippen molar-refractivity contribution in [2.75, 3.05) is 7.05 Å². The van der Waals surface area contributed by atoms with E-state index in [1.54, 1.807) is 7.05 Å². The van der Waals surface area contributed by atoms with Crippen LogP contribution in [0.2, 0.25) is 0 Å². The van der Waals surface area contributed by atoms with Crippen LogP contribution in [0.4, 0.5) is 0 Å². The fourth-order valence-electron chi connectivity index (χ4n) is 1.69.